The number of unbranched alkanes of at least 4 members (excludes halogenated alkanes) is 4. The molecule has 1 aromatic rings. The van der Waals surface area contributed by atoms with E-state index in [0.717, 1.165) is 12.8 Å². The number of rotatable bonds is 8. The van der Waals surface area contributed by atoms with Gasteiger partial charge < -0.3 is 9.84 Å². The summed E-state index contributed by atoms with van der Waals surface area (Å²) < 4.78 is 5.29. The molecule has 94 valence electrons. The molecule has 0 bridgehead atoms. The molecule has 0 radical (unpaired) electrons. The number of carboxylic acids is 1. The van der Waals surface area contributed by atoms with Crippen LogP contribution in [0.1, 0.15) is 49.5 Å². The molecule has 0 spiro atoms. The number of hydrogen-bond acceptors (Lipinski definition) is 4. The second-order valence-electron chi connectivity index (χ2n) is 3.79. The fraction of sp³-hybridized carbons (Fsp3) is 0.583. The molecule has 17 heavy (non-hydrogen) atoms. The maximum atomic E-state index is 10.7. The van der Waals surface area contributed by atoms with Gasteiger partial charge in [0.25, 0.3) is 0 Å². The zero-order valence-electron chi connectivity index (χ0n) is 10.1. The Hall–Kier alpha value is -1.65. The van der Waals surface area contributed by atoms with Crippen molar-refractivity contribution in [2.45, 2.75) is 39.0 Å². The number of ether oxygens (including phenoxy) is 1. The monoisotopic (exact) mass is 238 g/mol. The summed E-state index contributed by atoms with van der Waals surface area (Å²) in [6.45, 7) is 2.70. The van der Waals surface area contributed by atoms with Crippen molar-refractivity contribution in [3.63, 3.8) is 0 Å². The van der Waals surface area contributed by atoms with Gasteiger partial charge in [-0.2, -0.15) is 4.98 Å². The van der Waals surface area contributed by atoms with Gasteiger partial charge >= 0.3 is 12.0 Å². The van der Waals surface area contributed by atoms with Gasteiger partial charge in [0.05, 0.1) is 6.61 Å². The average molecular weight is 238 g/mol. The standard InChI is InChI=1S/C12H18N2O3/c1-2-3-4-5-6-9-17-12-13-8-7-10(14-12)11(15)16/h7-8H,2-6,9H2,1H3,(H,15,16). The van der Waals surface area contributed by atoms with E-state index in [2.05, 4.69) is 16.9 Å². The molecule has 0 saturated heterocycles. The second-order valence-corrected chi connectivity index (χ2v) is 3.79. The van der Waals surface area contributed by atoms with Gasteiger partial charge in [-0.3, -0.25) is 0 Å². The average Bonchev–Trinajstić information content (AvgIpc) is 2.34. The highest BCUT2D eigenvalue weighted by Crippen LogP contribution is 2.06. The van der Waals surface area contributed by atoms with Crippen molar-refractivity contribution in [2.24, 2.45) is 0 Å². The number of aromatic nitrogens is 2. The van der Waals surface area contributed by atoms with E-state index in [9.17, 15) is 4.79 Å². The summed E-state index contributed by atoms with van der Waals surface area (Å²) in [4.78, 5) is 18.3. The second kappa shape index (κ2) is 7.60. The van der Waals surface area contributed by atoms with Gasteiger partial charge in [-0.25, -0.2) is 9.78 Å². The Morgan fingerprint density at radius 2 is 2.12 bits per heavy atom. The fourth-order valence-corrected chi connectivity index (χ4v) is 1.40. The molecule has 1 rings (SSSR count). The van der Waals surface area contributed by atoms with Crippen molar-refractivity contribution >= 4 is 5.97 Å². The maximum absolute atomic E-state index is 10.7. The molecule has 0 amide bonds. The molecule has 1 aromatic heterocycles. The van der Waals surface area contributed by atoms with Gasteiger partial charge in [0, 0.05) is 6.20 Å². The Labute approximate surface area is 101 Å². The molecule has 0 aliphatic rings. The third-order valence-electron chi connectivity index (χ3n) is 2.33. The van der Waals surface area contributed by atoms with Crippen molar-refractivity contribution in [1.82, 2.24) is 9.97 Å². The molecule has 0 unspecified atom stereocenters. The van der Waals surface area contributed by atoms with E-state index < -0.39 is 5.97 Å². The summed E-state index contributed by atoms with van der Waals surface area (Å²) in [7, 11) is 0. The quantitative estimate of drug-likeness (QED) is 0.704. The minimum absolute atomic E-state index is 0.0408. The van der Waals surface area contributed by atoms with Crippen LogP contribution in [0.15, 0.2) is 12.3 Å². The van der Waals surface area contributed by atoms with Crippen molar-refractivity contribution in [2.75, 3.05) is 6.61 Å². The molecule has 5 nitrogen and oxygen atoms in total. The first-order chi connectivity index (χ1) is 8.24. The van der Waals surface area contributed by atoms with Gasteiger partial charge in [0.2, 0.25) is 0 Å². The van der Waals surface area contributed by atoms with Gasteiger partial charge in [-0.05, 0) is 12.5 Å². The van der Waals surface area contributed by atoms with E-state index >= 15 is 0 Å². The van der Waals surface area contributed by atoms with Crippen molar-refractivity contribution in [3.8, 4) is 6.01 Å². The van der Waals surface area contributed by atoms with Crippen molar-refractivity contribution in [1.29, 1.82) is 0 Å². The lowest BCUT2D eigenvalue weighted by atomic mass is 10.2. The van der Waals surface area contributed by atoms with Gasteiger partial charge in [0.1, 0.15) is 0 Å². The van der Waals surface area contributed by atoms with Crippen LogP contribution >= 0.6 is 0 Å². The van der Waals surface area contributed by atoms with E-state index in [1.165, 1.54) is 31.5 Å². The molecule has 1 heterocycles. The van der Waals surface area contributed by atoms with E-state index in [1.54, 1.807) is 0 Å². The van der Waals surface area contributed by atoms with Crippen LogP contribution in [0.25, 0.3) is 0 Å². The highest BCUT2D eigenvalue weighted by Gasteiger charge is 2.06. The number of nitrogens with zero attached hydrogens (tertiary/aromatic N) is 2. The van der Waals surface area contributed by atoms with Crippen molar-refractivity contribution < 1.29 is 14.6 Å². The molecule has 1 N–H and O–H groups in total. The van der Waals surface area contributed by atoms with E-state index in [-0.39, 0.29) is 11.7 Å². The molecule has 0 saturated carbocycles. The minimum atomic E-state index is -1.07. The van der Waals surface area contributed by atoms with Crippen LogP contribution in [0.4, 0.5) is 0 Å². The third-order valence-corrected chi connectivity index (χ3v) is 2.33. The minimum Gasteiger partial charge on any atom is -0.477 e. The van der Waals surface area contributed by atoms with Gasteiger partial charge in [-0.1, -0.05) is 32.6 Å². The zero-order chi connectivity index (χ0) is 12.5. The van der Waals surface area contributed by atoms with E-state index in [1.807, 2.05) is 0 Å². The molecule has 0 aromatic carbocycles. The lowest BCUT2D eigenvalue weighted by Crippen LogP contribution is -2.05. The summed E-state index contributed by atoms with van der Waals surface area (Å²) in [5.41, 5.74) is -0.0408. The van der Waals surface area contributed by atoms with E-state index in [0.29, 0.717) is 6.61 Å². The Morgan fingerprint density at radius 3 is 2.82 bits per heavy atom. The van der Waals surface area contributed by atoms with Crippen molar-refractivity contribution in [3.05, 3.63) is 18.0 Å². The predicted octanol–water partition coefficient (Wildman–Crippen LogP) is 2.52. The van der Waals surface area contributed by atoms with Crippen LogP contribution in [0.5, 0.6) is 6.01 Å². The Morgan fingerprint density at radius 1 is 1.35 bits per heavy atom. The molecule has 5 heteroatoms. The molecule has 0 fully saturated rings. The molecular weight excluding hydrogens is 220 g/mol. The highest BCUT2D eigenvalue weighted by molar-refractivity contribution is 5.85. The van der Waals surface area contributed by atoms with Gasteiger partial charge in [0.15, 0.2) is 5.69 Å². The lowest BCUT2D eigenvalue weighted by Gasteiger charge is -2.04. The Kier molecular flexibility index (Phi) is 5.99. The van der Waals surface area contributed by atoms with Crippen LogP contribution in [0.2, 0.25) is 0 Å². The molecular formula is C12H18N2O3. The maximum Gasteiger partial charge on any atom is 0.354 e. The molecule has 0 aliphatic heterocycles. The summed E-state index contributed by atoms with van der Waals surface area (Å²) in [6, 6.07) is 1.48. The highest BCUT2D eigenvalue weighted by atomic mass is 16.5. The zero-order valence-corrected chi connectivity index (χ0v) is 10.1. The largest absolute Gasteiger partial charge is 0.477 e. The topological polar surface area (TPSA) is 72.3 Å². The van der Waals surface area contributed by atoms with E-state index in [4.69, 9.17) is 9.84 Å². The first-order valence-electron chi connectivity index (χ1n) is 5.93. The van der Waals surface area contributed by atoms with Crippen LogP contribution in [-0.4, -0.2) is 27.7 Å². The summed E-state index contributed by atoms with van der Waals surface area (Å²) in [6.07, 6.45) is 7.11. The Bertz CT molecular complexity index is 355. The SMILES string of the molecule is CCCCCCCOc1nccc(C(=O)O)n1. The Balaban J connectivity index is 2.27. The fourth-order valence-electron chi connectivity index (χ4n) is 1.40. The third kappa shape index (κ3) is 5.29. The lowest BCUT2D eigenvalue weighted by molar-refractivity contribution is 0.0688. The number of carboxylic acid groups (broad SMARTS) is 1. The molecule has 0 aliphatic carbocycles. The predicted molar refractivity (Wildman–Crippen MR) is 63.2 cm³/mol. The number of hydrogen-bond donors (Lipinski definition) is 1. The van der Waals surface area contributed by atoms with Crippen LogP contribution in [0, 0.1) is 0 Å². The summed E-state index contributed by atoms with van der Waals surface area (Å²) in [5, 5.41) is 8.73. The van der Waals surface area contributed by atoms with Crippen LogP contribution < -0.4 is 4.74 Å². The number of carbonyl (C=O) groups is 1. The first-order valence-corrected chi connectivity index (χ1v) is 5.93. The summed E-state index contributed by atoms with van der Waals surface area (Å²) in [5.74, 6) is -1.07. The van der Waals surface area contributed by atoms with Gasteiger partial charge in [-0.15, -0.1) is 0 Å². The number of aromatic carboxylic acids is 1. The smallest absolute Gasteiger partial charge is 0.354 e. The molecule has 0 atom stereocenters. The summed E-state index contributed by atoms with van der Waals surface area (Å²) >= 11 is 0. The van der Waals surface area contributed by atoms with Crippen LogP contribution in [0.3, 0.4) is 0 Å². The first kappa shape index (κ1) is 13.4. The van der Waals surface area contributed by atoms with Crippen LogP contribution in [-0.2, 0) is 0 Å². The normalized spacial score (nSPS) is 10.2.